The van der Waals surface area contributed by atoms with Crippen molar-refractivity contribution in [3.63, 3.8) is 0 Å². The van der Waals surface area contributed by atoms with Crippen LogP contribution in [-0.4, -0.2) is 21.8 Å². The molecule has 0 unspecified atom stereocenters. The number of pyridine rings is 1. The molecule has 1 saturated carbocycles. The molecule has 0 atom stereocenters. The van der Waals surface area contributed by atoms with E-state index in [4.69, 9.17) is 11.6 Å². The highest BCUT2D eigenvalue weighted by Crippen LogP contribution is 2.29. The van der Waals surface area contributed by atoms with Crippen LogP contribution in [0, 0.1) is 13.8 Å². The van der Waals surface area contributed by atoms with Gasteiger partial charge in [-0.1, -0.05) is 36.1 Å². The van der Waals surface area contributed by atoms with Crippen molar-refractivity contribution in [3.8, 4) is 0 Å². The van der Waals surface area contributed by atoms with Gasteiger partial charge in [0.1, 0.15) is 5.15 Å². The van der Waals surface area contributed by atoms with Crippen LogP contribution in [0.2, 0.25) is 5.15 Å². The summed E-state index contributed by atoms with van der Waals surface area (Å²) in [6.07, 6.45) is 4.60. The number of rotatable bonds is 3. The Morgan fingerprint density at radius 2 is 1.96 bits per heavy atom. The van der Waals surface area contributed by atoms with Gasteiger partial charge in [-0.15, -0.1) is 0 Å². The third-order valence-corrected chi connectivity index (χ3v) is 5.12. The van der Waals surface area contributed by atoms with E-state index in [9.17, 15) is 4.79 Å². The molecule has 3 nitrogen and oxygen atoms in total. The summed E-state index contributed by atoms with van der Waals surface area (Å²) in [5, 5.41) is 1.60. The summed E-state index contributed by atoms with van der Waals surface area (Å²) in [5.41, 5.74) is 4.22. The highest BCUT2D eigenvalue weighted by Gasteiger charge is 2.25. The summed E-state index contributed by atoms with van der Waals surface area (Å²) >= 11 is 6.42. The van der Waals surface area contributed by atoms with Crippen LogP contribution in [0.25, 0.3) is 10.9 Å². The number of nitrogens with zero attached hydrogens (tertiary/aromatic N) is 2. The normalized spacial score (nSPS) is 15.3. The summed E-state index contributed by atoms with van der Waals surface area (Å²) in [6.45, 7) is 6.34. The van der Waals surface area contributed by atoms with Gasteiger partial charge in [-0.2, -0.15) is 0 Å². The molecule has 4 heteroatoms. The molecule has 2 aromatic rings. The van der Waals surface area contributed by atoms with E-state index in [1.165, 1.54) is 18.4 Å². The molecule has 0 aliphatic heterocycles. The third-order valence-electron chi connectivity index (χ3n) is 4.79. The van der Waals surface area contributed by atoms with Crippen LogP contribution in [0.15, 0.2) is 18.2 Å². The summed E-state index contributed by atoms with van der Waals surface area (Å²) in [5.74, 6) is 0.119. The van der Waals surface area contributed by atoms with E-state index in [-0.39, 0.29) is 5.91 Å². The molecule has 1 aliphatic carbocycles. The SMILES string of the molecule is CC(=O)N(Cc1cc2cc(C)cc(C)c2nc1Cl)C1CCCC1. The number of amides is 1. The molecule has 0 radical (unpaired) electrons. The quantitative estimate of drug-likeness (QED) is 0.758. The number of hydrogen-bond acceptors (Lipinski definition) is 2. The van der Waals surface area contributed by atoms with E-state index in [0.717, 1.165) is 34.9 Å². The topological polar surface area (TPSA) is 33.2 Å². The van der Waals surface area contributed by atoms with Gasteiger partial charge in [0.25, 0.3) is 0 Å². The largest absolute Gasteiger partial charge is 0.336 e. The Balaban J connectivity index is 1.98. The maximum absolute atomic E-state index is 12.1. The van der Waals surface area contributed by atoms with Gasteiger partial charge in [0.2, 0.25) is 5.91 Å². The summed E-state index contributed by atoms with van der Waals surface area (Å²) in [6, 6.07) is 6.68. The van der Waals surface area contributed by atoms with Gasteiger partial charge in [0.15, 0.2) is 0 Å². The number of aryl methyl sites for hydroxylation is 2. The van der Waals surface area contributed by atoms with E-state index in [1.54, 1.807) is 6.92 Å². The van der Waals surface area contributed by atoms with Gasteiger partial charge in [0, 0.05) is 30.5 Å². The van der Waals surface area contributed by atoms with Gasteiger partial charge < -0.3 is 4.90 Å². The van der Waals surface area contributed by atoms with E-state index in [0.29, 0.717) is 17.7 Å². The molecule has 1 aromatic heterocycles. The van der Waals surface area contributed by atoms with Crippen LogP contribution in [0.1, 0.15) is 49.3 Å². The monoisotopic (exact) mass is 330 g/mol. The Morgan fingerprint density at radius 3 is 2.61 bits per heavy atom. The minimum absolute atomic E-state index is 0.119. The highest BCUT2D eigenvalue weighted by atomic mass is 35.5. The third kappa shape index (κ3) is 3.35. The van der Waals surface area contributed by atoms with Crippen molar-refractivity contribution < 1.29 is 4.79 Å². The molecule has 1 amide bonds. The Labute approximate surface area is 142 Å². The number of aromatic nitrogens is 1. The van der Waals surface area contributed by atoms with Crippen LogP contribution in [0.4, 0.5) is 0 Å². The van der Waals surface area contributed by atoms with E-state index in [2.05, 4.69) is 37.0 Å². The molecular formula is C19H23ClN2O. The standard InChI is InChI=1S/C19H23ClN2O/c1-12-8-13(2)18-15(9-12)10-16(19(20)21-18)11-22(14(3)23)17-6-4-5-7-17/h8-10,17H,4-7,11H2,1-3H3. The fourth-order valence-electron chi connectivity index (χ4n) is 3.68. The molecule has 3 rings (SSSR count). The number of benzene rings is 1. The first-order chi connectivity index (χ1) is 11.0. The number of carbonyl (C=O) groups excluding carboxylic acids is 1. The molecular weight excluding hydrogens is 308 g/mol. The Morgan fingerprint density at radius 1 is 1.26 bits per heavy atom. The molecule has 0 saturated heterocycles. The van der Waals surface area contributed by atoms with Crippen molar-refractivity contribution in [1.29, 1.82) is 0 Å². The van der Waals surface area contributed by atoms with Gasteiger partial charge >= 0.3 is 0 Å². The van der Waals surface area contributed by atoms with Gasteiger partial charge in [-0.25, -0.2) is 4.98 Å². The lowest BCUT2D eigenvalue weighted by Gasteiger charge is -2.28. The van der Waals surface area contributed by atoms with Crippen molar-refractivity contribution >= 4 is 28.4 Å². The second-order valence-corrected chi connectivity index (χ2v) is 7.04. The minimum atomic E-state index is 0.119. The van der Waals surface area contributed by atoms with E-state index in [1.807, 2.05) is 4.90 Å². The Hall–Kier alpha value is -1.61. The second-order valence-electron chi connectivity index (χ2n) is 6.68. The maximum Gasteiger partial charge on any atom is 0.219 e. The smallest absolute Gasteiger partial charge is 0.219 e. The molecule has 0 N–H and O–H groups in total. The molecule has 0 bridgehead atoms. The zero-order chi connectivity index (χ0) is 16.6. The molecule has 122 valence electrons. The highest BCUT2D eigenvalue weighted by molar-refractivity contribution is 6.30. The first-order valence-corrected chi connectivity index (χ1v) is 8.67. The predicted molar refractivity (Wildman–Crippen MR) is 94.7 cm³/mol. The average Bonchev–Trinajstić information content (AvgIpc) is 2.99. The van der Waals surface area contributed by atoms with Crippen LogP contribution in [0.5, 0.6) is 0 Å². The first kappa shape index (κ1) is 16.3. The van der Waals surface area contributed by atoms with Crippen molar-refractivity contribution in [2.24, 2.45) is 0 Å². The van der Waals surface area contributed by atoms with Crippen LogP contribution < -0.4 is 0 Å². The fourth-order valence-corrected chi connectivity index (χ4v) is 3.88. The number of hydrogen-bond donors (Lipinski definition) is 0. The van der Waals surface area contributed by atoms with Gasteiger partial charge in [0.05, 0.1) is 5.52 Å². The lowest BCUT2D eigenvalue weighted by molar-refractivity contribution is -0.131. The molecule has 1 heterocycles. The molecule has 1 aromatic carbocycles. The van der Waals surface area contributed by atoms with Crippen LogP contribution >= 0.6 is 11.6 Å². The lowest BCUT2D eigenvalue weighted by Crippen LogP contribution is -2.36. The zero-order valence-corrected chi connectivity index (χ0v) is 14.8. The molecule has 23 heavy (non-hydrogen) atoms. The minimum Gasteiger partial charge on any atom is -0.336 e. The Bertz CT molecular complexity index is 751. The number of fused-ring (bicyclic) bond motifs is 1. The van der Waals surface area contributed by atoms with Crippen LogP contribution in [-0.2, 0) is 11.3 Å². The lowest BCUT2D eigenvalue weighted by atomic mass is 10.0. The van der Waals surface area contributed by atoms with Crippen LogP contribution in [0.3, 0.4) is 0 Å². The zero-order valence-electron chi connectivity index (χ0n) is 14.0. The molecule has 0 spiro atoms. The molecule has 1 aliphatic rings. The molecule has 1 fully saturated rings. The Kier molecular flexibility index (Phi) is 4.58. The first-order valence-electron chi connectivity index (χ1n) is 8.29. The van der Waals surface area contributed by atoms with Gasteiger partial charge in [-0.05, 0) is 44.4 Å². The fraction of sp³-hybridized carbons (Fsp3) is 0.474. The van der Waals surface area contributed by atoms with E-state index >= 15 is 0 Å². The van der Waals surface area contributed by atoms with Gasteiger partial charge in [-0.3, -0.25) is 4.79 Å². The van der Waals surface area contributed by atoms with Crippen molar-refractivity contribution in [1.82, 2.24) is 9.88 Å². The maximum atomic E-state index is 12.1. The average molecular weight is 331 g/mol. The van der Waals surface area contributed by atoms with E-state index < -0.39 is 0 Å². The number of carbonyl (C=O) groups is 1. The summed E-state index contributed by atoms with van der Waals surface area (Å²) < 4.78 is 0. The number of halogens is 1. The summed E-state index contributed by atoms with van der Waals surface area (Å²) in [7, 11) is 0. The van der Waals surface area contributed by atoms with Crippen molar-refractivity contribution in [2.45, 2.75) is 59.0 Å². The summed E-state index contributed by atoms with van der Waals surface area (Å²) in [4.78, 5) is 18.6. The predicted octanol–water partition coefficient (Wildman–Crippen LogP) is 4.80. The second kappa shape index (κ2) is 6.48. The van der Waals surface area contributed by atoms with Crippen molar-refractivity contribution in [2.75, 3.05) is 0 Å². The van der Waals surface area contributed by atoms with Crippen molar-refractivity contribution in [3.05, 3.63) is 40.0 Å².